The van der Waals surface area contributed by atoms with E-state index in [4.69, 9.17) is 4.99 Å². The topological polar surface area (TPSA) is 60.4 Å². The zero-order chi connectivity index (χ0) is 28.0. The molecule has 41 heavy (non-hydrogen) atoms. The average Bonchev–Trinajstić information content (AvgIpc) is 3.42. The molecule has 0 spiro atoms. The Hall–Kier alpha value is -5.20. The molecule has 1 heterocycles. The number of nitrogens with zero attached hydrogens (tertiary/aromatic N) is 3. The van der Waals surface area contributed by atoms with Crippen molar-refractivity contribution in [2.24, 2.45) is 4.99 Å². The van der Waals surface area contributed by atoms with E-state index >= 15 is 0 Å². The minimum absolute atomic E-state index is 0.0884. The van der Waals surface area contributed by atoms with Crippen molar-refractivity contribution >= 4 is 29.4 Å². The van der Waals surface area contributed by atoms with Gasteiger partial charge in [0.25, 0.3) is 5.69 Å². The van der Waals surface area contributed by atoms with E-state index in [1.54, 1.807) is 23.9 Å². The number of nitro benzene ring substituents is 1. The van der Waals surface area contributed by atoms with Crippen LogP contribution in [0.3, 0.4) is 0 Å². The molecule has 0 aliphatic carbocycles. The molecule has 6 heteroatoms. The number of aromatic nitrogens is 1. The van der Waals surface area contributed by atoms with Gasteiger partial charge in [-0.05, 0) is 65.7 Å². The quantitative estimate of drug-likeness (QED) is 0.107. The highest BCUT2D eigenvalue weighted by molar-refractivity contribution is 7.99. The van der Waals surface area contributed by atoms with Gasteiger partial charge in [-0.2, -0.15) is 0 Å². The molecule has 0 fully saturated rings. The van der Waals surface area contributed by atoms with Gasteiger partial charge in [-0.15, -0.1) is 0 Å². The van der Waals surface area contributed by atoms with Crippen LogP contribution >= 0.6 is 11.8 Å². The van der Waals surface area contributed by atoms with Gasteiger partial charge in [-0.25, -0.2) is 0 Å². The van der Waals surface area contributed by atoms with E-state index in [9.17, 15) is 10.1 Å². The molecular weight excluding hydrogens is 526 g/mol. The largest absolute Gasteiger partial charge is 0.309 e. The van der Waals surface area contributed by atoms with Crippen LogP contribution in [0, 0.1) is 10.1 Å². The monoisotopic (exact) mass is 551 g/mol. The fourth-order valence-electron chi connectivity index (χ4n) is 4.70. The maximum atomic E-state index is 10.9. The molecule has 198 valence electrons. The van der Waals surface area contributed by atoms with Gasteiger partial charge in [0, 0.05) is 39.4 Å². The first-order valence-electron chi connectivity index (χ1n) is 13.1. The molecule has 0 radical (unpaired) electrons. The maximum absolute atomic E-state index is 10.9. The van der Waals surface area contributed by atoms with Crippen LogP contribution in [0.2, 0.25) is 0 Å². The van der Waals surface area contributed by atoms with Gasteiger partial charge in [0.1, 0.15) is 0 Å². The molecule has 0 unspecified atom stereocenters. The summed E-state index contributed by atoms with van der Waals surface area (Å²) in [5.74, 6) is 0. The number of hydrogen-bond donors (Lipinski definition) is 0. The summed E-state index contributed by atoms with van der Waals surface area (Å²) in [5.41, 5.74) is 7.42. The van der Waals surface area contributed by atoms with E-state index in [-0.39, 0.29) is 10.6 Å². The Morgan fingerprint density at radius 2 is 1.20 bits per heavy atom. The van der Waals surface area contributed by atoms with Gasteiger partial charge < -0.3 is 4.57 Å². The molecule has 0 N–H and O–H groups in total. The molecule has 0 bridgehead atoms. The summed E-state index contributed by atoms with van der Waals surface area (Å²) in [6.45, 7) is 0. The molecule has 6 rings (SSSR count). The second-order valence-electron chi connectivity index (χ2n) is 9.34. The summed E-state index contributed by atoms with van der Waals surface area (Å²) in [4.78, 5) is 17.4. The van der Waals surface area contributed by atoms with E-state index < -0.39 is 0 Å². The summed E-state index contributed by atoms with van der Waals surface area (Å²) in [5, 5.41) is 10.9. The third kappa shape index (κ3) is 5.88. The number of aliphatic imine (C=N–C) groups is 1. The van der Waals surface area contributed by atoms with Gasteiger partial charge >= 0.3 is 0 Å². The van der Waals surface area contributed by atoms with Crippen molar-refractivity contribution in [3.8, 4) is 28.2 Å². The average molecular weight is 552 g/mol. The number of rotatable bonds is 8. The first kappa shape index (κ1) is 26.0. The smallest absolute Gasteiger partial charge is 0.269 e. The van der Waals surface area contributed by atoms with Crippen LogP contribution in [-0.4, -0.2) is 15.7 Å². The van der Waals surface area contributed by atoms with E-state index in [0.29, 0.717) is 0 Å². The zero-order valence-corrected chi connectivity index (χ0v) is 22.8. The molecule has 5 nitrogen and oxygen atoms in total. The van der Waals surface area contributed by atoms with Gasteiger partial charge in [0.15, 0.2) is 0 Å². The Labute approximate surface area is 242 Å². The van der Waals surface area contributed by atoms with Crippen molar-refractivity contribution < 1.29 is 4.92 Å². The van der Waals surface area contributed by atoms with Gasteiger partial charge in [-0.3, -0.25) is 15.1 Å². The van der Waals surface area contributed by atoms with Crippen molar-refractivity contribution in [1.82, 2.24) is 4.57 Å². The van der Waals surface area contributed by atoms with Crippen LogP contribution in [0.5, 0.6) is 0 Å². The Bertz CT molecular complexity index is 1800. The summed E-state index contributed by atoms with van der Waals surface area (Å²) >= 11 is 1.55. The second-order valence-corrected chi connectivity index (χ2v) is 10.5. The lowest BCUT2D eigenvalue weighted by Gasteiger charge is -2.15. The Balaban J connectivity index is 1.36. The van der Waals surface area contributed by atoms with Crippen LogP contribution in [-0.2, 0) is 0 Å². The maximum Gasteiger partial charge on any atom is 0.269 e. The first-order chi connectivity index (χ1) is 20.2. The van der Waals surface area contributed by atoms with E-state index in [1.165, 1.54) is 12.1 Å². The number of para-hydroxylation sites is 1. The standard InChI is InChI=1S/C35H25N3O2S/c39-38(40)31-18-22-33(23-19-31)41-32-20-16-29(17-21-32)36-25-28-24-34(26-10-4-1-5-11-26)37(30-14-8-3-9-15-30)35(28)27-12-6-2-7-13-27/h1-25H. The van der Waals surface area contributed by atoms with Crippen LogP contribution in [0.15, 0.2) is 160 Å². The molecule has 6 aromatic rings. The van der Waals surface area contributed by atoms with Crippen molar-refractivity contribution in [1.29, 1.82) is 0 Å². The summed E-state index contributed by atoms with van der Waals surface area (Å²) in [7, 11) is 0. The van der Waals surface area contributed by atoms with Crippen molar-refractivity contribution in [2.45, 2.75) is 9.79 Å². The molecule has 0 aliphatic heterocycles. The molecule has 1 aromatic heterocycles. The van der Waals surface area contributed by atoms with Gasteiger partial charge in [0.2, 0.25) is 0 Å². The van der Waals surface area contributed by atoms with Gasteiger partial charge in [-0.1, -0.05) is 90.6 Å². The highest BCUT2D eigenvalue weighted by Crippen LogP contribution is 2.36. The van der Waals surface area contributed by atoms with Crippen LogP contribution in [0.4, 0.5) is 11.4 Å². The molecule has 0 saturated carbocycles. The molecular formula is C35H25N3O2S. The predicted octanol–water partition coefficient (Wildman–Crippen LogP) is 9.62. The van der Waals surface area contributed by atoms with Crippen LogP contribution < -0.4 is 0 Å². The SMILES string of the molecule is O=[N+]([O-])c1ccc(Sc2ccc(N=Cc3cc(-c4ccccc4)n(-c4ccccc4)c3-c3ccccc3)cc2)cc1. The fourth-order valence-corrected chi connectivity index (χ4v) is 5.52. The van der Waals surface area contributed by atoms with Crippen molar-refractivity contribution in [2.75, 3.05) is 0 Å². The lowest BCUT2D eigenvalue weighted by atomic mass is 10.1. The van der Waals surface area contributed by atoms with E-state index in [1.807, 2.05) is 48.7 Å². The van der Waals surface area contributed by atoms with E-state index in [2.05, 4.69) is 83.4 Å². The minimum atomic E-state index is -0.388. The summed E-state index contributed by atoms with van der Waals surface area (Å²) < 4.78 is 2.30. The normalized spacial score (nSPS) is 11.1. The van der Waals surface area contributed by atoms with Crippen molar-refractivity contribution in [3.63, 3.8) is 0 Å². The lowest BCUT2D eigenvalue weighted by Crippen LogP contribution is -2.00. The minimum Gasteiger partial charge on any atom is -0.309 e. The second kappa shape index (κ2) is 11.9. The fraction of sp³-hybridized carbons (Fsp3) is 0. The van der Waals surface area contributed by atoms with Crippen LogP contribution in [0.1, 0.15) is 5.56 Å². The highest BCUT2D eigenvalue weighted by atomic mass is 32.2. The highest BCUT2D eigenvalue weighted by Gasteiger charge is 2.18. The summed E-state index contributed by atoms with van der Waals surface area (Å²) in [6.07, 6.45) is 1.94. The Kier molecular flexibility index (Phi) is 7.56. The van der Waals surface area contributed by atoms with Gasteiger partial charge in [0.05, 0.1) is 22.0 Å². The first-order valence-corrected chi connectivity index (χ1v) is 14.0. The third-order valence-electron chi connectivity index (χ3n) is 6.63. The number of hydrogen-bond acceptors (Lipinski definition) is 4. The third-order valence-corrected chi connectivity index (χ3v) is 7.65. The number of benzene rings is 5. The molecule has 0 aliphatic rings. The predicted molar refractivity (Wildman–Crippen MR) is 168 cm³/mol. The number of non-ortho nitro benzene ring substituents is 1. The molecule has 0 saturated heterocycles. The van der Waals surface area contributed by atoms with Crippen LogP contribution in [0.25, 0.3) is 28.2 Å². The lowest BCUT2D eigenvalue weighted by molar-refractivity contribution is -0.384. The Morgan fingerprint density at radius 1 is 0.659 bits per heavy atom. The molecule has 0 atom stereocenters. The number of nitro groups is 1. The summed E-state index contributed by atoms with van der Waals surface area (Å²) in [6, 6.07) is 48.0. The van der Waals surface area contributed by atoms with E-state index in [0.717, 1.165) is 49.2 Å². The molecule has 0 amide bonds. The Morgan fingerprint density at radius 3 is 1.78 bits per heavy atom. The van der Waals surface area contributed by atoms with Crippen molar-refractivity contribution in [3.05, 3.63) is 161 Å². The zero-order valence-electron chi connectivity index (χ0n) is 22.0. The molecule has 5 aromatic carbocycles.